The third-order valence-corrected chi connectivity index (χ3v) is 4.32. The van der Waals surface area contributed by atoms with Crippen LogP contribution >= 0.6 is 0 Å². The van der Waals surface area contributed by atoms with Crippen LogP contribution in [0.4, 0.5) is 0 Å². The van der Waals surface area contributed by atoms with Crippen molar-refractivity contribution in [1.82, 2.24) is 0 Å². The summed E-state index contributed by atoms with van der Waals surface area (Å²) in [5.41, 5.74) is -0.325. The third-order valence-electron chi connectivity index (χ3n) is 4.32. The number of fused-ring (bicyclic) bond motifs is 1. The van der Waals surface area contributed by atoms with Gasteiger partial charge in [-0.05, 0) is 32.6 Å². The van der Waals surface area contributed by atoms with Gasteiger partial charge in [0, 0.05) is 19.3 Å². The van der Waals surface area contributed by atoms with E-state index in [4.69, 9.17) is 9.47 Å². The highest BCUT2D eigenvalue weighted by atomic mass is 16.6. The van der Waals surface area contributed by atoms with E-state index in [1.54, 1.807) is 0 Å². The second-order valence-electron chi connectivity index (χ2n) is 6.12. The molecule has 0 aromatic rings. The zero-order valence-electron chi connectivity index (χ0n) is 11.4. The molecule has 2 rings (SSSR count). The molecule has 0 N–H and O–H groups in total. The van der Waals surface area contributed by atoms with Gasteiger partial charge in [-0.25, -0.2) is 0 Å². The Bertz CT molecular complexity index is 300. The molecule has 0 aromatic heterocycles. The summed E-state index contributed by atoms with van der Waals surface area (Å²) in [7, 11) is 0. The summed E-state index contributed by atoms with van der Waals surface area (Å²) < 4.78 is 11.7. The van der Waals surface area contributed by atoms with Gasteiger partial charge in [-0.2, -0.15) is 0 Å². The number of esters is 1. The van der Waals surface area contributed by atoms with Crippen LogP contribution in [0.5, 0.6) is 0 Å². The number of rotatable bonds is 1. The first-order valence-electron chi connectivity index (χ1n) is 6.76. The van der Waals surface area contributed by atoms with Gasteiger partial charge in [0.15, 0.2) is 0 Å². The molecule has 0 amide bonds. The molecular formula is C14H24O3. The normalized spacial score (nSPS) is 46.1. The maximum atomic E-state index is 11.3. The van der Waals surface area contributed by atoms with E-state index in [-0.39, 0.29) is 23.8 Å². The van der Waals surface area contributed by atoms with Gasteiger partial charge in [0.05, 0.1) is 12.2 Å². The molecule has 1 aliphatic carbocycles. The van der Waals surface area contributed by atoms with Gasteiger partial charge in [0.1, 0.15) is 5.60 Å². The Morgan fingerprint density at radius 3 is 2.71 bits per heavy atom. The lowest BCUT2D eigenvalue weighted by Gasteiger charge is -2.50. The molecule has 0 aromatic carbocycles. The summed E-state index contributed by atoms with van der Waals surface area (Å²) in [5, 5.41) is 0. The van der Waals surface area contributed by atoms with E-state index in [1.165, 1.54) is 13.3 Å². The lowest BCUT2D eigenvalue weighted by Crippen LogP contribution is -2.55. The number of hydrogen-bond donors (Lipinski definition) is 0. The first-order chi connectivity index (χ1) is 7.90. The Morgan fingerprint density at radius 2 is 2.06 bits per heavy atom. The summed E-state index contributed by atoms with van der Waals surface area (Å²) in [6, 6.07) is 0. The lowest BCUT2D eigenvalue weighted by molar-refractivity contribution is -0.212. The van der Waals surface area contributed by atoms with E-state index in [9.17, 15) is 4.79 Å². The van der Waals surface area contributed by atoms with Crippen molar-refractivity contribution in [3.05, 3.63) is 0 Å². The molecule has 0 unspecified atom stereocenters. The molecule has 1 saturated heterocycles. The van der Waals surface area contributed by atoms with Crippen LogP contribution in [0.25, 0.3) is 0 Å². The van der Waals surface area contributed by atoms with Gasteiger partial charge in [0.2, 0.25) is 0 Å². The second kappa shape index (κ2) is 4.60. The van der Waals surface area contributed by atoms with Crippen LogP contribution in [0, 0.1) is 11.8 Å². The number of hydrogen-bond acceptors (Lipinski definition) is 3. The fourth-order valence-electron chi connectivity index (χ4n) is 3.69. The highest BCUT2D eigenvalue weighted by molar-refractivity contribution is 5.66. The van der Waals surface area contributed by atoms with Crippen LogP contribution in [0.15, 0.2) is 0 Å². The molecule has 1 saturated carbocycles. The minimum atomic E-state index is -0.325. The molecule has 98 valence electrons. The minimum Gasteiger partial charge on any atom is -0.459 e. The van der Waals surface area contributed by atoms with E-state index in [0.29, 0.717) is 5.92 Å². The molecule has 3 nitrogen and oxygen atoms in total. The summed E-state index contributed by atoms with van der Waals surface area (Å²) >= 11 is 0. The Hall–Kier alpha value is -0.570. The highest BCUT2D eigenvalue weighted by Gasteiger charge is 2.49. The summed E-state index contributed by atoms with van der Waals surface area (Å²) in [4.78, 5) is 11.3. The van der Waals surface area contributed by atoms with E-state index in [1.807, 2.05) is 0 Å². The van der Waals surface area contributed by atoms with Gasteiger partial charge >= 0.3 is 5.97 Å². The fourth-order valence-corrected chi connectivity index (χ4v) is 3.69. The van der Waals surface area contributed by atoms with Crippen LogP contribution in [-0.2, 0) is 14.3 Å². The van der Waals surface area contributed by atoms with Crippen molar-refractivity contribution in [2.45, 2.75) is 71.2 Å². The van der Waals surface area contributed by atoms with Crippen molar-refractivity contribution < 1.29 is 14.3 Å². The Morgan fingerprint density at radius 1 is 1.35 bits per heavy atom. The van der Waals surface area contributed by atoms with Crippen LogP contribution in [0.3, 0.4) is 0 Å². The molecule has 1 heterocycles. The quantitative estimate of drug-likeness (QED) is 0.661. The van der Waals surface area contributed by atoms with Crippen molar-refractivity contribution in [2.75, 3.05) is 0 Å². The average molecular weight is 240 g/mol. The molecule has 0 radical (unpaired) electrons. The van der Waals surface area contributed by atoms with Crippen molar-refractivity contribution in [3.8, 4) is 0 Å². The van der Waals surface area contributed by atoms with Crippen LogP contribution in [0.2, 0.25) is 0 Å². The van der Waals surface area contributed by atoms with Crippen molar-refractivity contribution in [2.24, 2.45) is 11.8 Å². The third kappa shape index (κ3) is 2.65. The molecular weight excluding hydrogens is 216 g/mol. The maximum Gasteiger partial charge on any atom is 0.303 e. The van der Waals surface area contributed by atoms with Crippen LogP contribution < -0.4 is 0 Å². The smallest absolute Gasteiger partial charge is 0.303 e. The summed E-state index contributed by atoms with van der Waals surface area (Å²) in [5.74, 6) is 0.931. The summed E-state index contributed by atoms with van der Waals surface area (Å²) in [6.07, 6.45) is 4.71. The molecule has 2 aliphatic rings. The monoisotopic (exact) mass is 240 g/mol. The molecule has 2 fully saturated rings. The largest absolute Gasteiger partial charge is 0.459 e. The SMILES string of the molecule is CC(=O)O[C@]1(C)C[C@H](C)O[C@@H]2C[C@H](C)CC[C@H]21. The van der Waals surface area contributed by atoms with Crippen LogP contribution in [0.1, 0.15) is 53.4 Å². The number of ether oxygens (including phenoxy) is 2. The number of carbonyl (C=O) groups excluding carboxylic acids is 1. The van der Waals surface area contributed by atoms with Gasteiger partial charge < -0.3 is 9.47 Å². The van der Waals surface area contributed by atoms with Crippen molar-refractivity contribution in [3.63, 3.8) is 0 Å². The Kier molecular flexibility index (Phi) is 3.48. The standard InChI is InChI=1S/C14H24O3/c1-9-5-6-12-13(7-9)16-10(2)8-14(12,4)17-11(3)15/h9-10,12-13H,5-8H2,1-4H3/t9-,10+,12-,13-,14-/m1/s1. The number of carbonyl (C=O) groups is 1. The molecule has 0 spiro atoms. The van der Waals surface area contributed by atoms with Crippen molar-refractivity contribution in [1.29, 1.82) is 0 Å². The van der Waals surface area contributed by atoms with E-state index in [0.717, 1.165) is 25.2 Å². The molecule has 1 aliphatic heterocycles. The predicted molar refractivity (Wildman–Crippen MR) is 65.6 cm³/mol. The van der Waals surface area contributed by atoms with E-state index in [2.05, 4.69) is 20.8 Å². The highest BCUT2D eigenvalue weighted by Crippen LogP contribution is 2.45. The zero-order chi connectivity index (χ0) is 12.6. The first-order valence-corrected chi connectivity index (χ1v) is 6.76. The maximum absolute atomic E-state index is 11.3. The fraction of sp³-hybridized carbons (Fsp3) is 0.929. The average Bonchev–Trinajstić information content (AvgIpc) is 2.13. The molecule has 3 heteroatoms. The van der Waals surface area contributed by atoms with Gasteiger partial charge in [-0.1, -0.05) is 13.3 Å². The lowest BCUT2D eigenvalue weighted by atomic mass is 9.69. The van der Waals surface area contributed by atoms with E-state index >= 15 is 0 Å². The van der Waals surface area contributed by atoms with E-state index < -0.39 is 0 Å². The first kappa shape index (κ1) is 12.9. The van der Waals surface area contributed by atoms with Gasteiger partial charge in [0.25, 0.3) is 0 Å². The Labute approximate surface area is 104 Å². The van der Waals surface area contributed by atoms with Gasteiger partial charge in [-0.15, -0.1) is 0 Å². The second-order valence-corrected chi connectivity index (χ2v) is 6.12. The van der Waals surface area contributed by atoms with Crippen LogP contribution in [-0.4, -0.2) is 23.8 Å². The Balaban J connectivity index is 2.16. The molecule has 17 heavy (non-hydrogen) atoms. The topological polar surface area (TPSA) is 35.5 Å². The minimum absolute atomic E-state index is 0.168. The molecule has 0 bridgehead atoms. The zero-order valence-corrected chi connectivity index (χ0v) is 11.4. The van der Waals surface area contributed by atoms with Gasteiger partial charge in [-0.3, -0.25) is 4.79 Å². The summed E-state index contributed by atoms with van der Waals surface area (Å²) in [6.45, 7) is 7.95. The van der Waals surface area contributed by atoms with Crippen molar-refractivity contribution >= 4 is 5.97 Å². The predicted octanol–water partition coefficient (Wildman–Crippen LogP) is 2.92. The molecule has 5 atom stereocenters.